The van der Waals surface area contributed by atoms with E-state index in [1.54, 1.807) is 24.3 Å². The molecule has 0 aliphatic carbocycles. The lowest BCUT2D eigenvalue weighted by Gasteiger charge is -2.11. The summed E-state index contributed by atoms with van der Waals surface area (Å²) in [5, 5.41) is 17.8. The maximum Gasteiger partial charge on any atom is 0.339 e. The minimum atomic E-state index is -0.945. The van der Waals surface area contributed by atoms with Crippen molar-refractivity contribution < 1.29 is 9.53 Å². The SMILES string of the molecule is N#Cc1ccc(C(=O)OC(C#N)c2ccccc2)cc1. The Morgan fingerprint density at radius 2 is 1.65 bits per heavy atom. The smallest absolute Gasteiger partial charge is 0.339 e. The average Bonchev–Trinajstić information content (AvgIpc) is 2.53. The van der Waals surface area contributed by atoms with E-state index in [9.17, 15) is 4.79 Å². The minimum absolute atomic E-state index is 0.306. The number of ether oxygens (including phenoxy) is 1. The van der Waals surface area contributed by atoms with Crippen molar-refractivity contribution in [3.05, 3.63) is 71.3 Å². The maximum atomic E-state index is 11.9. The van der Waals surface area contributed by atoms with Gasteiger partial charge in [-0.25, -0.2) is 4.79 Å². The van der Waals surface area contributed by atoms with Gasteiger partial charge in [0.15, 0.2) is 0 Å². The summed E-state index contributed by atoms with van der Waals surface area (Å²) >= 11 is 0. The van der Waals surface area contributed by atoms with Crippen LogP contribution in [0.1, 0.15) is 27.6 Å². The van der Waals surface area contributed by atoms with Gasteiger partial charge in [-0.2, -0.15) is 10.5 Å². The molecular weight excluding hydrogens is 252 g/mol. The quantitative estimate of drug-likeness (QED) is 0.797. The molecule has 0 N–H and O–H groups in total. The molecule has 0 aliphatic rings. The summed E-state index contributed by atoms with van der Waals surface area (Å²) < 4.78 is 5.16. The van der Waals surface area contributed by atoms with Crippen LogP contribution in [-0.2, 0) is 4.74 Å². The normalized spacial score (nSPS) is 10.9. The van der Waals surface area contributed by atoms with Gasteiger partial charge in [0.25, 0.3) is 0 Å². The fourth-order valence-electron chi connectivity index (χ4n) is 1.65. The third-order valence-electron chi connectivity index (χ3n) is 2.69. The molecule has 0 amide bonds. The summed E-state index contributed by atoms with van der Waals surface area (Å²) in [7, 11) is 0. The van der Waals surface area contributed by atoms with Gasteiger partial charge in [-0.15, -0.1) is 0 Å². The molecule has 20 heavy (non-hydrogen) atoms. The molecule has 0 aliphatic heterocycles. The van der Waals surface area contributed by atoms with E-state index in [4.69, 9.17) is 15.3 Å². The van der Waals surface area contributed by atoms with E-state index < -0.39 is 12.1 Å². The summed E-state index contributed by atoms with van der Waals surface area (Å²) in [5.41, 5.74) is 1.39. The Labute approximate surface area is 116 Å². The lowest BCUT2D eigenvalue weighted by atomic mass is 10.1. The largest absolute Gasteiger partial charge is 0.438 e. The van der Waals surface area contributed by atoms with Gasteiger partial charge in [-0.1, -0.05) is 30.3 Å². The standard InChI is InChI=1S/C16H10N2O2/c17-10-12-6-8-14(9-7-12)16(19)20-15(11-18)13-4-2-1-3-5-13/h1-9,15H. The topological polar surface area (TPSA) is 73.9 Å². The van der Waals surface area contributed by atoms with Crippen LogP contribution >= 0.6 is 0 Å². The molecule has 0 spiro atoms. The van der Waals surface area contributed by atoms with E-state index >= 15 is 0 Å². The van der Waals surface area contributed by atoms with Crippen LogP contribution in [0.3, 0.4) is 0 Å². The predicted molar refractivity (Wildman–Crippen MR) is 71.4 cm³/mol. The zero-order valence-electron chi connectivity index (χ0n) is 10.5. The maximum absolute atomic E-state index is 11.9. The van der Waals surface area contributed by atoms with Crippen molar-refractivity contribution in [3.63, 3.8) is 0 Å². The first-order valence-electron chi connectivity index (χ1n) is 5.90. The highest BCUT2D eigenvalue weighted by molar-refractivity contribution is 5.89. The van der Waals surface area contributed by atoms with Gasteiger partial charge in [0.2, 0.25) is 6.10 Å². The molecule has 0 aromatic heterocycles. The van der Waals surface area contributed by atoms with Crippen LogP contribution in [0.15, 0.2) is 54.6 Å². The third-order valence-corrected chi connectivity index (χ3v) is 2.69. The Hall–Kier alpha value is -3.11. The van der Waals surface area contributed by atoms with Crippen molar-refractivity contribution in [1.82, 2.24) is 0 Å². The number of rotatable bonds is 3. The molecule has 4 nitrogen and oxygen atoms in total. The summed E-state index contributed by atoms with van der Waals surface area (Å²) in [6, 6.07) is 18.8. The molecule has 0 heterocycles. The molecule has 1 atom stereocenters. The molecule has 2 aromatic carbocycles. The second-order valence-electron chi connectivity index (χ2n) is 4.01. The van der Waals surface area contributed by atoms with E-state index in [0.29, 0.717) is 16.7 Å². The van der Waals surface area contributed by atoms with Crippen LogP contribution < -0.4 is 0 Å². The zero-order chi connectivity index (χ0) is 14.4. The molecular formula is C16H10N2O2. The van der Waals surface area contributed by atoms with Crippen LogP contribution in [-0.4, -0.2) is 5.97 Å². The van der Waals surface area contributed by atoms with Crippen molar-refractivity contribution >= 4 is 5.97 Å². The van der Waals surface area contributed by atoms with E-state index in [0.717, 1.165) is 0 Å². The fourth-order valence-corrected chi connectivity index (χ4v) is 1.65. The van der Waals surface area contributed by atoms with Crippen LogP contribution in [0, 0.1) is 22.7 Å². The number of hydrogen-bond donors (Lipinski definition) is 0. The zero-order valence-corrected chi connectivity index (χ0v) is 10.5. The van der Waals surface area contributed by atoms with Crippen LogP contribution in [0.2, 0.25) is 0 Å². The number of carbonyl (C=O) groups excluding carboxylic acids is 1. The molecule has 0 saturated carbocycles. The summed E-state index contributed by atoms with van der Waals surface area (Å²) in [6.07, 6.45) is -0.945. The first-order valence-corrected chi connectivity index (χ1v) is 5.90. The molecule has 1 unspecified atom stereocenters. The molecule has 2 rings (SSSR count). The number of esters is 1. The third kappa shape index (κ3) is 3.01. The highest BCUT2D eigenvalue weighted by Gasteiger charge is 2.17. The monoisotopic (exact) mass is 262 g/mol. The van der Waals surface area contributed by atoms with Gasteiger partial charge in [0.1, 0.15) is 6.07 Å². The molecule has 0 radical (unpaired) electrons. The number of carbonyl (C=O) groups is 1. The van der Waals surface area contributed by atoms with Crippen molar-refractivity contribution in [1.29, 1.82) is 10.5 Å². The number of hydrogen-bond acceptors (Lipinski definition) is 4. The molecule has 0 fully saturated rings. The lowest BCUT2D eigenvalue weighted by molar-refractivity contribution is 0.0404. The molecule has 4 heteroatoms. The Bertz CT molecular complexity index is 679. The predicted octanol–water partition coefficient (Wildman–Crippen LogP) is 2.98. The average molecular weight is 262 g/mol. The van der Waals surface area contributed by atoms with Crippen LogP contribution in [0.25, 0.3) is 0 Å². The second kappa shape index (κ2) is 6.17. The Balaban J connectivity index is 2.14. The molecule has 0 saturated heterocycles. The number of nitriles is 2. The van der Waals surface area contributed by atoms with Gasteiger partial charge in [-0.3, -0.25) is 0 Å². The van der Waals surface area contributed by atoms with Crippen LogP contribution in [0.4, 0.5) is 0 Å². The van der Waals surface area contributed by atoms with Gasteiger partial charge >= 0.3 is 5.97 Å². The second-order valence-corrected chi connectivity index (χ2v) is 4.01. The summed E-state index contributed by atoms with van der Waals surface area (Å²) in [4.78, 5) is 11.9. The summed E-state index contributed by atoms with van der Waals surface area (Å²) in [5.74, 6) is -0.593. The first-order chi connectivity index (χ1) is 9.74. The highest BCUT2D eigenvalue weighted by atomic mass is 16.5. The van der Waals surface area contributed by atoms with Gasteiger partial charge in [-0.05, 0) is 24.3 Å². The van der Waals surface area contributed by atoms with E-state index in [1.165, 1.54) is 24.3 Å². The van der Waals surface area contributed by atoms with Gasteiger partial charge < -0.3 is 4.74 Å². The molecule has 96 valence electrons. The van der Waals surface area contributed by atoms with Crippen molar-refractivity contribution in [2.75, 3.05) is 0 Å². The van der Waals surface area contributed by atoms with Crippen LogP contribution in [0.5, 0.6) is 0 Å². The molecule has 2 aromatic rings. The first kappa shape index (κ1) is 13.3. The number of nitrogens with zero attached hydrogens (tertiary/aromatic N) is 2. The van der Waals surface area contributed by atoms with E-state index in [-0.39, 0.29) is 0 Å². The van der Waals surface area contributed by atoms with Gasteiger partial charge in [0, 0.05) is 5.56 Å². The Morgan fingerprint density at radius 1 is 1.00 bits per heavy atom. The van der Waals surface area contributed by atoms with Crippen molar-refractivity contribution in [2.24, 2.45) is 0 Å². The Kier molecular flexibility index (Phi) is 4.11. The van der Waals surface area contributed by atoms with E-state index in [1.807, 2.05) is 18.2 Å². The van der Waals surface area contributed by atoms with Gasteiger partial charge in [0.05, 0.1) is 17.2 Å². The molecule has 0 bridgehead atoms. The lowest BCUT2D eigenvalue weighted by Crippen LogP contribution is -2.10. The van der Waals surface area contributed by atoms with Crippen molar-refractivity contribution in [3.8, 4) is 12.1 Å². The minimum Gasteiger partial charge on any atom is -0.438 e. The fraction of sp³-hybridized carbons (Fsp3) is 0.0625. The summed E-state index contributed by atoms with van der Waals surface area (Å²) in [6.45, 7) is 0. The van der Waals surface area contributed by atoms with Crippen molar-refractivity contribution in [2.45, 2.75) is 6.10 Å². The highest BCUT2D eigenvalue weighted by Crippen LogP contribution is 2.18. The van der Waals surface area contributed by atoms with E-state index in [2.05, 4.69) is 0 Å². The number of benzene rings is 2. The Morgan fingerprint density at radius 3 is 2.20 bits per heavy atom.